The second kappa shape index (κ2) is 8.38. The van der Waals surface area contributed by atoms with Crippen molar-refractivity contribution in [2.24, 2.45) is 0 Å². The third-order valence-electron chi connectivity index (χ3n) is 4.87. The lowest BCUT2D eigenvalue weighted by molar-refractivity contribution is 0.0941. The van der Waals surface area contributed by atoms with E-state index < -0.39 is 0 Å². The molecule has 128 valence electrons. The van der Waals surface area contributed by atoms with Crippen LogP contribution in [0.1, 0.15) is 18.4 Å². The summed E-state index contributed by atoms with van der Waals surface area (Å²) in [6, 6.07) is 15.2. The van der Waals surface area contributed by atoms with Crippen molar-refractivity contribution in [1.29, 1.82) is 0 Å². The van der Waals surface area contributed by atoms with E-state index in [9.17, 15) is 5.11 Å². The van der Waals surface area contributed by atoms with Crippen molar-refractivity contribution in [3.05, 3.63) is 54.2 Å². The van der Waals surface area contributed by atoms with Gasteiger partial charge in [-0.05, 0) is 56.7 Å². The number of likely N-dealkylation sites (tertiary alicyclic amines) is 1. The maximum absolute atomic E-state index is 9.47. The normalized spacial score (nSPS) is 16.6. The van der Waals surface area contributed by atoms with Gasteiger partial charge in [0.25, 0.3) is 0 Å². The van der Waals surface area contributed by atoms with Crippen molar-refractivity contribution in [2.75, 3.05) is 33.3 Å². The number of aliphatic hydroxyl groups is 1. The minimum Gasteiger partial charge on any atom is -0.395 e. The van der Waals surface area contributed by atoms with E-state index in [0.29, 0.717) is 6.04 Å². The van der Waals surface area contributed by atoms with Crippen molar-refractivity contribution in [1.82, 2.24) is 14.8 Å². The highest BCUT2D eigenvalue weighted by Crippen LogP contribution is 2.21. The van der Waals surface area contributed by atoms with Crippen molar-refractivity contribution >= 4 is 0 Å². The van der Waals surface area contributed by atoms with Crippen LogP contribution in [0, 0.1) is 0 Å². The Bertz CT molecular complexity index is 624. The van der Waals surface area contributed by atoms with Crippen LogP contribution in [0.15, 0.2) is 48.7 Å². The Balaban J connectivity index is 1.73. The summed E-state index contributed by atoms with van der Waals surface area (Å²) in [6.45, 7) is 4.12. The summed E-state index contributed by atoms with van der Waals surface area (Å²) in [4.78, 5) is 9.26. The minimum atomic E-state index is 0.215. The number of benzene rings is 1. The average molecular weight is 325 g/mol. The average Bonchev–Trinajstić information content (AvgIpc) is 2.63. The lowest BCUT2D eigenvalue weighted by atomic mass is 10.0. The van der Waals surface area contributed by atoms with Gasteiger partial charge in [-0.15, -0.1) is 0 Å². The molecule has 3 rings (SSSR count). The smallest absolute Gasteiger partial charge is 0.0702 e. The van der Waals surface area contributed by atoms with Crippen LogP contribution in [-0.4, -0.2) is 59.2 Å². The molecule has 0 atom stereocenters. The number of aromatic nitrogens is 1. The topological polar surface area (TPSA) is 39.6 Å². The summed E-state index contributed by atoms with van der Waals surface area (Å²) in [5, 5.41) is 9.47. The maximum atomic E-state index is 9.47. The van der Waals surface area contributed by atoms with Crippen LogP contribution in [0.5, 0.6) is 0 Å². The summed E-state index contributed by atoms with van der Waals surface area (Å²) in [6.07, 6.45) is 4.19. The molecule has 1 aliphatic heterocycles. The van der Waals surface area contributed by atoms with E-state index in [0.717, 1.165) is 37.4 Å². The first-order chi connectivity index (χ1) is 11.8. The largest absolute Gasteiger partial charge is 0.395 e. The highest BCUT2D eigenvalue weighted by molar-refractivity contribution is 5.59. The van der Waals surface area contributed by atoms with Crippen molar-refractivity contribution in [2.45, 2.75) is 25.4 Å². The van der Waals surface area contributed by atoms with Crippen molar-refractivity contribution in [3.63, 3.8) is 0 Å². The van der Waals surface area contributed by atoms with Gasteiger partial charge in [-0.25, -0.2) is 0 Å². The Morgan fingerprint density at radius 3 is 2.71 bits per heavy atom. The molecule has 1 N–H and O–H groups in total. The Kier molecular flexibility index (Phi) is 5.96. The molecule has 1 aromatic carbocycles. The Morgan fingerprint density at radius 1 is 1.17 bits per heavy atom. The van der Waals surface area contributed by atoms with Crippen LogP contribution >= 0.6 is 0 Å². The summed E-state index contributed by atoms with van der Waals surface area (Å²) in [5.41, 5.74) is 3.44. The van der Waals surface area contributed by atoms with Crippen LogP contribution < -0.4 is 0 Å². The highest BCUT2D eigenvalue weighted by atomic mass is 16.3. The maximum Gasteiger partial charge on any atom is 0.0702 e. The van der Waals surface area contributed by atoms with Crippen LogP contribution in [0.4, 0.5) is 0 Å². The van der Waals surface area contributed by atoms with E-state index in [1.54, 1.807) is 0 Å². The molecule has 0 unspecified atom stereocenters. The van der Waals surface area contributed by atoms with E-state index in [-0.39, 0.29) is 6.61 Å². The molecule has 2 aromatic rings. The number of nitrogens with zero attached hydrogens (tertiary/aromatic N) is 3. The molecule has 24 heavy (non-hydrogen) atoms. The molecule has 4 nitrogen and oxygen atoms in total. The van der Waals surface area contributed by atoms with Gasteiger partial charge in [0, 0.05) is 30.9 Å². The van der Waals surface area contributed by atoms with Gasteiger partial charge in [0.2, 0.25) is 0 Å². The molecule has 1 aromatic heterocycles. The van der Waals surface area contributed by atoms with Gasteiger partial charge in [0.1, 0.15) is 0 Å². The predicted molar refractivity (Wildman–Crippen MR) is 97.7 cm³/mol. The summed E-state index contributed by atoms with van der Waals surface area (Å²) >= 11 is 0. The Morgan fingerprint density at radius 2 is 2.00 bits per heavy atom. The highest BCUT2D eigenvalue weighted by Gasteiger charge is 2.22. The SMILES string of the molecule is CN1CCC(N(CCO)Cc2cccc(-c3ccccn3)c2)CC1. The predicted octanol–water partition coefficient (Wildman–Crippen LogP) is 2.64. The van der Waals surface area contributed by atoms with Gasteiger partial charge in [-0.2, -0.15) is 0 Å². The number of hydrogen-bond donors (Lipinski definition) is 1. The van der Waals surface area contributed by atoms with E-state index >= 15 is 0 Å². The number of pyridine rings is 1. The van der Waals surface area contributed by atoms with Gasteiger partial charge < -0.3 is 10.0 Å². The molecule has 0 spiro atoms. The monoisotopic (exact) mass is 325 g/mol. The minimum absolute atomic E-state index is 0.215. The van der Waals surface area contributed by atoms with Crippen molar-refractivity contribution in [3.8, 4) is 11.3 Å². The second-order valence-corrected chi connectivity index (χ2v) is 6.64. The molecule has 0 radical (unpaired) electrons. The van der Waals surface area contributed by atoms with Gasteiger partial charge in [0.05, 0.1) is 12.3 Å². The molecule has 0 bridgehead atoms. The molecule has 1 saturated heterocycles. The molecule has 1 aliphatic rings. The molecule has 0 amide bonds. The zero-order chi connectivity index (χ0) is 16.8. The quantitative estimate of drug-likeness (QED) is 0.886. The number of aliphatic hydroxyl groups excluding tert-OH is 1. The summed E-state index contributed by atoms with van der Waals surface area (Å²) in [5.74, 6) is 0. The lowest BCUT2D eigenvalue weighted by Crippen LogP contribution is -2.44. The third kappa shape index (κ3) is 4.41. The van der Waals surface area contributed by atoms with Crippen molar-refractivity contribution < 1.29 is 5.11 Å². The van der Waals surface area contributed by atoms with Crippen LogP contribution in [0.25, 0.3) is 11.3 Å². The van der Waals surface area contributed by atoms with E-state index in [1.165, 1.54) is 18.4 Å². The molecule has 2 heterocycles. The lowest BCUT2D eigenvalue weighted by Gasteiger charge is -2.37. The van der Waals surface area contributed by atoms with Gasteiger partial charge in [0.15, 0.2) is 0 Å². The van der Waals surface area contributed by atoms with E-state index in [1.807, 2.05) is 24.4 Å². The number of piperidine rings is 1. The second-order valence-electron chi connectivity index (χ2n) is 6.64. The molecule has 0 saturated carbocycles. The van der Waals surface area contributed by atoms with Crippen LogP contribution in [0.2, 0.25) is 0 Å². The third-order valence-corrected chi connectivity index (χ3v) is 4.87. The van der Waals surface area contributed by atoms with Gasteiger partial charge in [-0.1, -0.05) is 24.3 Å². The molecular formula is C20H27N3O. The summed E-state index contributed by atoms with van der Waals surface area (Å²) < 4.78 is 0. The fraction of sp³-hybridized carbons (Fsp3) is 0.450. The molecule has 1 fully saturated rings. The van der Waals surface area contributed by atoms with Gasteiger partial charge >= 0.3 is 0 Å². The first-order valence-electron chi connectivity index (χ1n) is 8.80. The molecular weight excluding hydrogens is 298 g/mol. The van der Waals surface area contributed by atoms with E-state index in [4.69, 9.17) is 0 Å². The van der Waals surface area contributed by atoms with Crippen LogP contribution in [-0.2, 0) is 6.54 Å². The van der Waals surface area contributed by atoms with E-state index in [2.05, 4.69) is 46.1 Å². The zero-order valence-corrected chi connectivity index (χ0v) is 14.4. The van der Waals surface area contributed by atoms with Gasteiger partial charge in [-0.3, -0.25) is 9.88 Å². The molecule has 0 aliphatic carbocycles. The Hall–Kier alpha value is -1.75. The zero-order valence-electron chi connectivity index (χ0n) is 14.4. The first kappa shape index (κ1) is 17.1. The van der Waals surface area contributed by atoms with Crippen LogP contribution in [0.3, 0.4) is 0 Å². The standard InChI is InChI=1S/C20H27N3O/c1-22-11-8-19(9-12-22)23(13-14-24)16-17-5-4-6-18(15-17)20-7-2-3-10-21-20/h2-7,10,15,19,24H,8-9,11-14,16H2,1H3. The number of rotatable bonds is 6. The number of hydrogen-bond acceptors (Lipinski definition) is 4. The fourth-order valence-electron chi connectivity index (χ4n) is 3.48. The first-order valence-corrected chi connectivity index (χ1v) is 8.80. The molecule has 4 heteroatoms. The fourth-order valence-corrected chi connectivity index (χ4v) is 3.48. The Labute approximate surface area is 144 Å². The summed E-state index contributed by atoms with van der Waals surface area (Å²) in [7, 11) is 2.18.